The number of hydrogen-bond donors (Lipinski definition) is 0. The Morgan fingerprint density at radius 2 is 2.10 bits per heavy atom. The van der Waals surface area contributed by atoms with Crippen molar-refractivity contribution < 1.29 is 4.79 Å². The third kappa shape index (κ3) is 3.10. The van der Waals surface area contributed by atoms with Crippen LogP contribution in [0, 0.1) is 5.92 Å². The second-order valence-corrected chi connectivity index (χ2v) is 6.39. The summed E-state index contributed by atoms with van der Waals surface area (Å²) in [5, 5.41) is 0. The fourth-order valence-electron chi connectivity index (χ4n) is 3.37. The molecule has 0 unspecified atom stereocenters. The summed E-state index contributed by atoms with van der Waals surface area (Å²) >= 11 is 0. The van der Waals surface area contributed by atoms with E-state index in [1.807, 2.05) is 6.20 Å². The van der Waals surface area contributed by atoms with Crippen LogP contribution in [-0.2, 0) is 24.2 Å². The Morgan fingerprint density at radius 1 is 1.33 bits per heavy atom. The van der Waals surface area contributed by atoms with Crippen molar-refractivity contribution in [2.75, 3.05) is 26.7 Å². The molecule has 21 heavy (non-hydrogen) atoms. The van der Waals surface area contributed by atoms with Crippen LogP contribution >= 0.6 is 0 Å². The summed E-state index contributed by atoms with van der Waals surface area (Å²) in [6, 6.07) is 2.23. The number of pyridine rings is 1. The number of nitrogens with zero attached hydrogens (tertiary/aromatic N) is 3. The zero-order valence-electron chi connectivity index (χ0n) is 13.1. The molecule has 1 saturated heterocycles. The summed E-state index contributed by atoms with van der Waals surface area (Å²) in [5.74, 6) is 0.584. The minimum atomic E-state index is 0.227. The van der Waals surface area contributed by atoms with Gasteiger partial charge in [0.05, 0.1) is 0 Å². The molecule has 0 saturated carbocycles. The maximum absolute atomic E-state index is 12.7. The van der Waals surface area contributed by atoms with Gasteiger partial charge in [0.15, 0.2) is 0 Å². The van der Waals surface area contributed by atoms with Crippen LogP contribution < -0.4 is 0 Å². The van der Waals surface area contributed by atoms with E-state index < -0.39 is 0 Å². The van der Waals surface area contributed by atoms with Crippen LogP contribution in [0.15, 0.2) is 12.3 Å². The molecule has 4 heteroatoms. The van der Waals surface area contributed by atoms with Crippen LogP contribution in [0.5, 0.6) is 0 Å². The number of rotatable bonds is 2. The van der Waals surface area contributed by atoms with E-state index in [0.717, 1.165) is 51.9 Å². The van der Waals surface area contributed by atoms with Crippen molar-refractivity contribution in [2.45, 2.75) is 39.2 Å². The van der Waals surface area contributed by atoms with Gasteiger partial charge in [0, 0.05) is 37.3 Å². The third-order valence-electron chi connectivity index (χ3n) is 4.88. The molecule has 1 aromatic rings. The quantitative estimate of drug-likeness (QED) is 0.833. The van der Waals surface area contributed by atoms with Crippen molar-refractivity contribution in [3.63, 3.8) is 0 Å². The number of hydrogen-bond acceptors (Lipinski definition) is 3. The van der Waals surface area contributed by atoms with Crippen molar-refractivity contribution in [1.29, 1.82) is 0 Å². The summed E-state index contributed by atoms with van der Waals surface area (Å²) in [4.78, 5) is 21.6. The maximum atomic E-state index is 12.7. The van der Waals surface area contributed by atoms with Crippen LogP contribution in [0.3, 0.4) is 0 Å². The molecular weight excluding hydrogens is 262 g/mol. The molecule has 0 N–H and O–H groups in total. The average molecular weight is 287 g/mol. The highest BCUT2D eigenvalue weighted by molar-refractivity contribution is 5.79. The fraction of sp³-hybridized carbons (Fsp3) is 0.647. The van der Waals surface area contributed by atoms with Gasteiger partial charge < -0.3 is 9.80 Å². The molecule has 0 bridgehead atoms. The van der Waals surface area contributed by atoms with Crippen molar-refractivity contribution in [1.82, 2.24) is 14.8 Å². The molecule has 1 fully saturated rings. The van der Waals surface area contributed by atoms with Crippen LogP contribution in [-0.4, -0.2) is 47.4 Å². The highest BCUT2D eigenvalue weighted by Gasteiger charge is 2.29. The number of piperidine rings is 1. The molecule has 114 valence electrons. The topological polar surface area (TPSA) is 36.4 Å². The highest BCUT2D eigenvalue weighted by Crippen LogP contribution is 2.24. The van der Waals surface area contributed by atoms with Gasteiger partial charge in [-0.25, -0.2) is 0 Å². The Kier molecular flexibility index (Phi) is 4.24. The van der Waals surface area contributed by atoms with E-state index in [0.29, 0.717) is 5.91 Å². The lowest BCUT2D eigenvalue weighted by Gasteiger charge is -2.34. The predicted octanol–water partition coefficient (Wildman–Crippen LogP) is 1.87. The van der Waals surface area contributed by atoms with E-state index in [4.69, 9.17) is 0 Å². The van der Waals surface area contributed by atoms with Gasteiger partial charge in [-0.1, -0.05) is 13.0 Å². The van der Waals surface area contributed by atoms with Gasteiger partial charge in [0.1, 0.15) is 0 Å². The Morgan fingerprint density at radius 3 is 2.81 bits per heavy atom. The normalized spacial score (nSPS) is 20.4. The van der Waals surface area contributed by atoms with Gasteiger partial charge in [-0.05, 0) is 50.5 Å². The lowest BCUT2D eigenvalue weighted by atomic mass is 9.94. The number of carbonyl (C=O) groups excluding carboxylic acids is 1. The van der Waals surface area contributed by atoms with E-state index in [2.05, 4.69) is 34.8 Å². The van der Waals surface area contributed by atoms with E-state index in [1.165, 1.54) is 16.8 Å². The summed E-state index contributed by atoms with van der Waals surface area (Å²) in [6.07, 6.45) is 5.89. The van der Waals surface area contributed by atoms with Crippen molar-refractivity contribution >= 4 is 5.91 Å². The molecule has 0 atom stereocenters. The van der Waals surface area contributed by atoms with Gasteiger partial charge in [0.25, 0.3) is 0 Å². The van der Waals surface area contributed by atoms with Gasteiger partial charge in [-0.2, -0.15) is 0 Å². The first-order valence-electron chi connectivity index (χ1n) is 8.11. The molecule has 2 aliphatic rings. The Balaban J connectivity index is 1.69. The first-order chi connectivity index (χ1) is 10.2. The zero-order chi connectivity index (χ0) is 14.8. The first kappa shape index (κ1) is 14.5. The minimum Gasteiger partial charge on any atom is -0.338 e. The Hall–Kier alpha value is -1.42. The number of aromatic nitrogens is 1. The van der Waals surface area contributed by atoms with Crippen molar-refractivity contribution in [3.8, 4) is 0 Å². The zero-order valence-corrected chi connectivity index (χ0v) is 13.1. The van der Waals surface area contributed by atoms with Gasteiger partial charge in [-0.3, -0.25) is 9.78 Å². The van der Waals surface area contributed by atoms with E-state index >= 15 is 0 Å². The number of likely N-dealkylation sites (tertiary alicyclic amines) is 1. The molecule has 0 radical (unpaired) electrons. The summed E-state index contributed by atoms with van der Waals surface area (Å²) < 4.78 is 0. The first-order valence-corrected chi connectivity index (χ1v) is 8.11. The van der Waals surface area contributed by atoms with Gasteiger partial charge in [-0.15, -0.1) is 0 Å². The van der Waals surface area contributed by atoms with Crippen LogP contribution in [0.4, 0.5) is 0 Å². The fourth-order valence-corrected chi connectivity index (χ4v) is 3.37. The van der Waals surface area contributed by atoms with Gasteiger partial charge >= 0.3 is 0 Å². The molecule has 3 heterocycles. The predicted molar refractivity (Wildman–Crippen MR) is 83.0 cm³/mol. The molecule has 2 aliphatic heterocycles. The Labute approximate surface area is 127 Å². The molecule has 0 aromatic carbocycles. The SMILES string of the molecule is CCc1cnc2c(c1)CN(C(=O)C1CCN(C)CC1)CC2. The largest absolute Gasteiger partial charge is 0.338 e. The third-order valence-corrected chi connectivity index (χ3v) is 4.88. The molecule has 4 nitrogen and oxygen atoms in total. The molecule has 3 rings (SSSR count). The molecular formula is C17H25N3O. The lowest BCUT2D eigenvalue weighted by Crippen LogP contribution is -2.43. The van der Waals surface area contributed by atoms with Gasteiger partial charge in [0.2, 0.25) is 5.91 Å². The molecule has 1 amide bonds. The van der Waals surface area contributed by atoms with Crippen LogP contribution in [0.2, 0.25) is 0 Å². The second kappa shape index (κ2) is 6.14. The van der Waals surface area contributed by atoms with Crippen LogP contribution in [0.25, 0.3) is 0 Å². The standard InChI is InChI=1S/C17H25N3O/c1-3-13-10-15-12-20(9-6-16(15)18-11-13)17(21)14-4-7-19(2)8-5-14/h10-11,14H,3-9,12H2,1-2H3. The molecule has 1 aromatic heterocycles. The van der Waals surface area contributed by atoms with E-state index in [1.54, 1.807) is 0 Å². The maximum Gasteiger partial charge on any atom is 0.226 e. The van der Waals surface area contributed by atoms with Crippen molar-refractivity contribution in [3.05, 3.63) is 29.1 Å². The molecule has 0 aliphatic carbocycles. The minimum absolute atomic E-state index is 0.227. The van der Waals surface area contributed by atoms with Crippen LogP contribution in [0.1, 0.15) is 36.6 Å². The summed E-state index contributed by atoms with van der Waals surface area (Å²) in [6.45, 7) is 5.82. The summed E-state index contributed by atoms with van der Waals surface area (Å²) in [7, 11) is 2.13. The second-order valence-electron chi connectivity index (χ2n) is 6.39. The van der Waals surface area contributed by atoms with Crippen molar-refractivity contribution in [2.24, 2.45) is 5.92 Å². The van der Waals surface area contributed by atoms with E-state index in [9.17, 15) is 4.79 Å². The number of fused-ring (bicyclic) bond motifs is 1. The summed E-state index contributed by atoms with van der Waals surface area (Å²) in [5.41, 5.74) is 3.70. The molecule has 0 spiro atoms. The highest BCUT2D eigenvalue weighted by atomic mass is 16.2. The smallest absolute Gasteiger partial charge is 0.226 e. The average Bonchev–Trinajstić information content (AvgIpc) is 2.53. The van der Waals surface area contributed by atoms with E-state index in [-0.39, 0.29) is 5.92 Å². The number of carbonyl (C=O) groups is 1. The number of amides is 1. The number of aryl methyl sites for hydroxylation is 1. The Bertz CT molecular complexity index is 521. The monoisotopic (exact) mass is 287 g/mol. The lowest BCUT2D eigenvalue weighted by molar-refractivity contribution is -0.138.